The molecule has 0 atom stereocenters. The molecular weight excluding hydrogens is 202 g/mol. The fourth-order valence-electron chi connectivity index (χ4n) is 2.00. The predicted octanol–water partition coefficient (Wildman–Crippen LogP) is 2.59. The van der Waals surface area contributed by atoms with E-state index in [9.17, 15) is 4.91 Å². The van der Waals surface area contributed by atoms with Crippen LogP contribution in [0.5, 0.6) is 0 Å². The van der Waals surface area contributed by atoms with Crippen molar-refractivity contribution < 1.29 is 0 Å². The molecule has 1 aliphatic heterocycles. The highest BCUT2D eigenvalue weighted by Crippen LogP contribution is 2.15. The van der Waals surface area contributed by atoms with Gasteiger partial charge in [0.15, 0.2) is 0 Å². The molecule has 0 aliphatic carbocycles. The second-order valence-electron chi connectivity index (χ2n) is 4.11. The van der Waals surface area contributed by atoms with Gasteiger partial charge in [-0.25, -0.2) is 0 Å². The van der Waals surface area contributed by atoms with E-state index in [-0.39, 0.29) is 0 Å². The SMILES string of the molecule is O=Nc1ccc(NCCN2CCCC2)cc1. The van der Waals surface area contributed by atoms with E-state index >= 15 is 0 Å². The van der Waals surface area contributed by atoms with Crippen LogP contribution in [0.4, 0.5) is 11.4 Å². The van der Waals surface area contributed by atoms with E-state index in [1.807, 2.05) is 12.1 Å². The Bertz CT molecular complexity index is 331. The summed E-state index contributed by atoms with van der Waals surface area (Å²) in [5, 5.41) is 6.21. The molecule has 0 bridgehead atoms. The van der Waals surface area contributed by atoms with Gasteiger partial charge in [-0.3, -0.25) is 0 Å². The number of hydrogen-bond acceptors (Lipinski definition) is 4. The van der Waals surface area contributed by atoms with Gasteiger partial charge in [-0.05, 0) is 55.4 Å². The molecule has 1 aromatic rings. The molecule has 0 saturated carbocycles. The third-order valence-electron chi connectivity index (χ3n) is 2.93. The van der Waals surface area contributed by atoms with Crippen LogP contribution in [0.1, 0.15) is 12.8 Å². The molecule has 0 aromatic heterocycles. The second-order valence-corrected chi connectivity index (χ2v) is 4.11. The molecular formula is C12H17N3O. The summed E-state index contributed by atoms with van der Waals surface area (Å²) in [4.78, 5) is 12.7. The van der Waals surface area contributed by atoms with E-state index in [0.29, 0.717) is 5.69 Å². The average Bonchev–Trinajstić information content (AvgIpc) is 2.83. The van der Waals surface area contributed by atoms with E-state index in [1.54, 1.807) is 12.1 Å². The lowest BCUT2D eigenvalue weighted by atomic mass is 10.3. The number of nitroso groups, excluding NO2 is 1. The number of benzene rings is 1. The first-order valence-electron chi connectivity index (χ1n) is 5.78. The van der Waals surface area contributed by atoms with E-state index < -0.39 is 0 Å². The molecule has 1 aliphatic rings. The average molecular weight is 219 g/mol. The van der Waals surface area contributed by atoms with Gasteiger partial charge in [-0.15, -0.1) is 4.91 Å². The van der Waals surface area contributed by atoms with Crippen molar-refractivity contribution in [3.63, 3.8) is 0 Å². The van der Waals surface area contributed by atoms with Crippen molar-refractivity contribution in [1.82, 2.24) is 4.90 Å². The van der Waals surface area contributed by atoms with Gasteiger partial charge in [-0.1, -0.05) is 0 Å². The van der Waals surface area contributed by atoms with E-state index in [4.69, 9.17) is 0 Å². The molecule has 1 N–H and O–H groups in total. The first-order chi connectivity index (χ1) is 7.88. The van der Waals surface area contributed by atoms with E-state index in [0.717, 1.165) is 18.8 Å². The summed E-state index contributed by atoms with van der Waals surface area (Å²) in [6, 6.07) is 7.23. The maximum absolute atomic E-state index is 10.2. The molecule has 1 heterocycles. The molecule has 2 rings (SSSR count). The molecule has 86 valence electrons. The van der Waals surface area contributed by atoms with Crippen molar-refractivity contribution in [2.45, 2.75) is 12.8 Å². The van der Waals surface area contributed by atoms with Crippen LogP contribution in [0.2, 0.25) is 0 Å². The van der Waals surface area contributed by atoms with Crippen LogP contribution < -0.4 is 5.32 Å². The summed E-state index contributed by atoms with van der Waals surface area (Å²) in [6.07, 6.45) is 2.67. The zero-order valence-corrected chi connectivity index (χ0v) is 9.35. The molecule has 16 heavy (non-hydrogen) atoms. The lowest BCUT2D eigenvalue weighted by Crippen LogP contribution is -2.25. The highest BCUT2D eigenvalue weighted by atomic mass is 16.3. The van der Waals surface area contributed by atoms with E-state index in [1.165, 1.54) is 25.9 Å². The van der Waals surface area contributed by atoms with Gasteiger partial charge >= 0.3 is 0 Å². The van der Waals surface area contributed by atoms with Crippen LogP contribution in [0.3, 0.4) is 0 Å². The predicted molar refractivity (Wildman–Crippen MR) is 66.1 cm³/mol. The van der Waals surface area contributed by atoms with Crippen LogP contribution in [-0.4, -0.2) is 31.1 Å². The molecule has 1 saturated heterocycles. The number of rotatable bonds is 5. The molecule has 0 amide bonds. The number of hydrogen-bond donors (Lipinski definition) is 1. The summed E-state index contributed by atoms with van der Waals surface area (Å²) in [6.45, 7) is 4.51. The summed E-state index contributed by atoms with van der Waals surface area (Å²) in [7, 11) is 0. The van der Waals surface area contributed by atoms with Crippen molar-refractivity contribution in [3.05, 3.63) is 29.2 Å². The Hall–Kier alpha value is -1.42. The third-order valence-corrected chi connectivity index (χ3v) is 2.93. The summed E-state index contributed by atoms with van der Waals surface area (Å²) >= 11 is 0. The van der Waals surface area contributed by atoms with Crippen molar-refractivity contribution >= 4 is 11.4 Å². The largest absolute Gasteiger partial charge is 0.384 e. The zero-order valence-electron chi connectivity index (χ0n) is 9.35. The minimum absolute atomic E-state index is 0.477. The summed E-state index contributed by atoms with van der Waals surface area (Å²) in [5.41, 5.74) is 1.52. The third kappa shape index (κ3) is 3.03. The zero-order chi connectivity index (χ0) is 11.2. The minimum atomic E-state index is 0.477. The first-order valence-corrected chi connectivity index (χ1v) is 5.78. The molecule has 1 aromatic carbocycles. The van der Waals surface area contributed by atoms with E-state index in [2.05, 4.69) is 15.4 Å². The van der Waals surface area contributed by atoms with Crippen LogP contribution in [-0.2, 0) is 0 Å². The van der Waals surface area contributed by atoms with Crippen LogP contribution >= 0.6 is 0 Å². The number of nitrogens with one attached hydrogen (secondary N) is 1. The smallest absolute Gasteiger partial charge is 0.108 e. The lowest BCUT2D eigenvalue weighted by molar-refractivity contribution is 0.352. The van der Waals surface area contributed by atoms with Gasteiger partial charge in [0.05, 0.1) is 0 Å². The quantitative estimate of drug-likeness (QED) is 0.774. The van der Waals surface area contributed by atoms with Crippen molar-refractivity contribution in [2.24, 2.45) is 5.18 Å². The van der Waals surface area contributed by atoms with Gasteiger partial charge in [0.1, 0.15) is 5.69 Å². The standard InChI is InChI=1S/C12H17N3O/c16-14-12-5-3-11(4-6-12)13-7-10-15-8-1-2-9-15/h3-6,13H,1-2,7-10H2. The monoisotopic (exact) mass is 219 g/mol. The van der Waals surface area contributed by atoms with Gasteiger partial charge < -0.3 is 10.2 Å². The fourth-order valence-corrected chi connectivity index (χ4v) is 2.00. The highest BCUT2D eigenvalue weighted by Gasteiger charge is 2.09. The van der Waals surface area contributed by atoms with Crippen LogP contribution in [0.15, 0.2) is 29.4 Å². The number of likely N-dealkylation sites (tertiary alicyclic amines) is 1. The van der Waals surface area contributed by atoms with Crippen molar-refractivity contribution in [2.75, 3.05) is 31.5 Å². The molecule has 0 unspecified atom stereocenters. The highest BCUT2D eigenvalue weighted by molar-refractivity contribution is 5.50. The Morgan fingerprint density at radius 3 is 2.50 bits per heavy atom. The van der Waals surface area contributed by atoms with Crippen LogP contribution in [0, 0.1) is 4.91 Å². The molecule has 0 spiro atoms. The fraction of sp³-hybridized carbons (Fsp3) is 0.500. The van der Waals surface area contributed by atoms with Crippen LogP contribution in [0.25, 0.3) is 0 Å². The maximum Gasteiger partial charge on any atom is 0.108 e. The van der Waals surface area contributed by atoms with Gasteiger partial charge in [-0.2, -0.15) is 0 Å². The Labute approximate surface area is 95.6 Å². The number of anilines is 1. The first kappa shape index (κ1) is 11.1. The minimum Gasteiger partial charge on any atom is -0.384 e. The second kappa shape index (κ2) is 5.61. The Kier molecular flexibility index (Phi) is 3.88. The summed E-state index contributed by atoms with van der Waals surface area (Å²) in [5.74, 6) is 0. The Balaban J connectivity index is 1.73. The molecule has 4 nitrogen and oxygen atoms in total. The molecule has 4 heteroatoms. The maximum atomic E-state index is 10.2. The van der Waals surface area contributed by atoms with Gasteiger partial charge in [0, 0.05) is 18.8 Å². The Morgan fingerprint density at radius 1 is 1.19 bits per heavy atom. The molecule has 1 fully saturated rings. The van der Waals surface area contributed by atoms with Crippen molar-refractivity contribution in [1.29, 1.82) is 0 Å². The van der Waals surface area contributed by atoms with Crippen molar-refractivity contribution in [3.8, 4) is 0 Å². The summed E-state index contributed by atoms with van der Waals surface area (Å²) < 4.78 is 0. The molecule has 0 radical (unpaired) electrons. The van der Waals surface area contributed by atoms with Gasteiger partial charge in [0.25, 0.3) is 0 Å². The lowest BCUT2D eigenvalue weighted by Gasteiger charge is -2.15. The normalized spacial score (nSPS) is 16.2. The Morgan fingerprint density at radius 2 is 1.88 bits per heavy atom. The topological polar surface area (TPSA) is 44.7 Å². The van der Waals surface area contributed by atoms with Gasteiger partial charge in [0.2, 0.25) is 0 Å². The number of nitrogens with zero attached hydrogens (tertiary/aromatic N) is 2.